The van der Waals surface area contributed by atoms with E-state index in [0.717, 1.165) is 6.42 Å². The van der Waals surface area contributed by atoms with Gasteiger partial charge in [0, 0.05) is 11.6 Å². The first-order valence-corrected chi connectivity index (χ1v) is 5.61. The Hall–Kier alpha value is -1.75. The zero-order valence-electron chi connectivity index (χ0n) is 9.69. The van der Waals surface area contributed by atoms with Crippen LogP contribution in [0.25, 0.3) is 0 Å². The number of carbonyl (C=O) groups excluding carboxylic acids is 1. The van der Waals surface area contributed by atoms with Crippen LogP contribution in [0.15, 0.2) is 18.2 Å². The molecule has 0 aromatic heterocycles. The number of aromatic hydroxyl groups is 1. The van der Waals surface area contributed by atoms with E-state index in [9.17, 15) is 9.90 Å². The van der Waals surface area contributed by atoms with Gasteiger partial charge in [0.15, 0.2) is 5.54 Å². The van der Waals surface area contributed by atoms with E-state index in [2.05, 4.69) is 5.32 Å². The molecule has 1 aliphatic rings. The molecule has 1 aromatic carbocycles. The van der Waals surface area contributed by atoms with Crippen LogP contribution in [0.2, 0.25) is 0 Å². The summed E-state index contributed by atoms with van der Waals surface area (Å²) in [6, 6.07) is 4.69. The van der Waals surface area contributed by atoms with Crippen molar-refractivity contribution in [3.8, 4) is 11.5 Å². The molecule has 1 amide bonds. The molecule has 0 radical (unpaired) electrons. The lowest BCUT2D eigenvalue weighted by molar-refractivity contribution is -0.125. The predicted molar refractivity (Wildman–Crippen MR) is 62.8 cm³/mol. The van der Waals surface area contributed by atoms with Crippen molar-refractivity contribution in [2.75, 3.05) is 13.2 Å². The Labute approximate surface area is 99.6 Å². The van der Waals surface area contributed by atoms with Crippen molar-refractivity contribution in [2.24, 2.45) is 5.73 Å². The van der Waals surface area contributed by atoms with Gasteiger partial charge in [0.2, 0.25) is 5.91 Å². The average Bonchev–Trinajstić information content (AvgIpc) is 2.65. The monoisotopic (exact) mass is 236 g/mol. The highest BCUT2D eigenvalue weighted by Gasteiger charge is 2.45. The predicted octanol–water partition coefficient (Wildman–Crippen LogP) is 0.465. The summed E-state index contributed by atoms with van der Waals surface area (Å²) in [5.74, 6) is 0.155. The van der Waals surface area contributed by atoms with Gasteiger partial charge in [0.05, 0.1) is 0 Å². The van der Waals surface area contributed by atoms with Crippen molar-refractivity contribution in [1.82, 2.24) is 5.32 Å². The quantitative estimate of drug-likeness (QED) is 0.709. The second kappa shape index (κ2) is 4.25. The molecule has 5 nitrogen and oxygen atoms in total. The number of nitrogens with one attached hydrogen (secondary N) is 1. The first kappa shape index (κ1) is 11.7. The summed E-state index contributed by atoms with van der Waals surface area (Å²) in [7, 11) is 0. The van der Waals surface area contributed by atoms with Crippen LogP contribution in [-0.4, -0.2) is 24.2 Å². The van der Waals surface area contributed by atoms with E-state index in [0.29, 0.717) is 17.9 Å². The first-order chi connectivity index (χ1) is 8.10. The van der Waals surface area contributed by atoms with Crippen molar-refractivity contribution in [3.63, 3.8) is 0 Å². The van der Waals surface area contributed by atoms with Crippen LogP contribution in [0, 0.1) is 0 Å². The maximum atomic E-state index is 11.7. The van der Waals surface area contributed by atoms with Gasteiger partial charge in [-0.2, -0.15) is 0 Å². The van der Waals surface area contributed by atoms with Gasteiger partial charge in [0.1, 0.15) is 18.1 Å². The molecule has 2 rings (SSSR count). The number of fused-ring (bicyclic) bond motifs is 1. The molecule has 5 heteroatoms. The third-order valence-corrected chi connectivity index (χ3v) is 2.97. The van der Waals surface area contributed by atoms with Crippen molar-refractivity contribution >= 4 is 5.91 Å². The molecule has 1 heterocycles. The number of benzene rings is 1. The van der Waals surface area contributed by atoms with Crippen molar-refractivity contribution in [1.29, 1.82) is 0 Å². The third kappa shape index (κ3) is 1.82. The molecule has 1 aliphatic heterocycles. The molecule has 0 saturated carbocycles. The number of nitrogens with two attached hydrogens (primary N) is 1. The Kier molecular flexibility index (Phi) is 2.93. The number of carbonyl (C=O) groups is 1. The molecule has 1 atom stereocenters. The summed E-state index contributed by atoms with van der Waals surface area (Å²) in [4.78, 5) is 11.7. The number of ether oxygens (including phenoxy) is 1. The fourth-order valence-electron chi connectivity index (χ4n) is 2.02. The van der Waals surface area contributed by atoms with Crippen LogP contribution in [0.4, 0.5) is 0 Å². The number of primary amides is 1. The Morgan fingerprint density at radius 2 is 2.41 bits per heavy atom. The van der Waals surface area contributed by atoms with Gasteiger partial charge in [-0.15, -0.1) is 0 Å². The Bertz CT molecular complexity index is 447. The van der Waals surface area contributed by atoms with Crippen LogP contribution < -0.4 is 15.8 Å². The van der Waals surface area contributed by atoms with Crippen LogP contribution in [-0.2, 0) is 10.3 Å². The second-order valence-corrected chi connectivity index (χ2v) is 4.17. The Morgan fingerprint density at radius 3 is 3.06 bits per heavy atom. The van der Waals surface area contributed by atoms with Gasteiger partial charge in [-0.05, 0) is 25.1 Å². The zero-order chi connectivity index (χ0) is 12.5. The molecule has 0 saturated heterocycles. The van der Waals surface area contributed by atoms with E-state index in [1.807, 2.05) is 6.92 Å². The summed E-state index contributed by atoms with van der Waals surface area (Å²) in [5.41, 5.74) is 5.20. The van der Waals surface area contributed by atoms with E-state index < -0.39 is 11.4 Å². The number of hydrogen-bond donors (Lipinski definition) is 3. The summed E-state index contributed by atoms with van der Waals surface area (Å²) < 4.78 is 5.43. The van der Waals surface area contributed by atoms with Crippen LogP contribution >= 0.6 is 0 Å². The lowest BCUT2D eigenvalue weighted by atomic mass is 9.91. The van der Waals surface area contributed by atoms with Gasteiger partial charge >= 0.3 is 0 Å². The molecular formula is C12H16N2O3. The van der Waals surface area contributed by atoms with E-state index in [1.54, 1.807) is 6.07 Å². The number of hydrogen-bond acceptors (Lipinski definition) is 4. The largest absolute Gasteiger partial charge is 0.508 e. The van der Waals surface area contributed by atoms with Gasteiger partial charge in [-0.3, -0.25) is 10.1 Å². The van der Waals surface area contributed by atoms with E-state index in [1.165, 1.54) is 12.1 Å². The number of phenolic OH excluding ortho intramolecular Hbond substituents is 1. The average molecular weight is 236 g/mol. The molecular weight excluding hydrogens is 220 g/mol. The molecule has 0 spiro atoms. The maximum Gasteiger partial charge on any atom is 0.246 e. The number of rotatable bonds is 4. The topological polar surface area (TPSA) is 84.6 Å². The highest BCUT2D eigenvalue weighted by Crippen LogP contribution is 2.38. The first-order valence-electron chi connectivity index (χ1n) is 5.61. The van der Waals surface area contributed by atoms with Crippen LogP contribution in [0.1, 0.15) is 18.9 Å². The minimum atomic E-state index is -0.973. The van der Waals surface area contributed by atoms with Crippen molar-refractivity contribution in [3.05, 3.63) is 23.8 Å². The lowest BCUT2D eigenvalue weighted by Gasteiger charge is -2.25. The fraction of sp³-hybridized carbons (Fsp3) is 0.417. The Morgan fingerprint density at radius 1 is 1.65 bits per heavy atom. The standard InChI is InChI=1S/C12H16N2O3/c1-2-5-14-12(11(13)16)7-17-10-6-8(15)3-4-9(10)12/h3-4,6,14-15H,2,5,7H2,1H3,(H2,13,16). The number of amides is 1. The van der Waals surface area contributed by atoms with Crippen molar-refractivity contribution < 1.29 is 14.6 Å². The van der Waals surface area contributed by atoms with Gasteiger partial charge < -0.3 is 15.6 Å². The number of phenols is 1. The smallest absolute Gasteiger partial charge is 0.246 e. The van der Waals surface area contributed by atoms with Crippen LogP contribution in [0.5, 0.6) is 11.5 Å². The van der Waals surface area contributed by atoms with Gasteiger partial charge in [0.25, 0.3) is 0 Å². The minimum Gasteiger partial charge on any atom is -0.508 e. The highest BCUT2D eigenvalue weighted by molar-refractivity contribution is 5.88. The molecule has 0 aliphatic carbocycles. The molecule has 4 N–H and O–H groups in total. The molecule has 1 unspecified atom stereocenters. The Balaban J connectivity index is 2.42. The van der Waals surface area contributed by atoms with Crippen molar-refractivity contribution in [2.45, 2.75) is 18.9 Å². The summed E-state index contributed by atoms with van der Waals surface area (Å²) >= 11 is 0. The fourth-order valence-corrected chi connectivity index (χ4v) is 2.02. The summed E-state index contributed by atoms with van der Waals surface area (Å²) in [6.45, 7) is 2.85. The van der Waals surface area contributed by atoms with Crippen LogP contribution in [0.3, 0.4) is 0 Å². The second-order valence-electron chi connectivity index (χ2n) is 4.17. The zero-order valence-corrected chi connectivity index (χ0v) is 9.69. The third-order valence-electron chi connectivity index (χ3n) is 2.97. The van der Waals surface area contributed by atoms with E-state index in [-0.39, 0.29) is 12.4 Å². The normalized spacial score (nSPS) is 21.9. The van der Waals surface area contributed by atoms with E-state index in [4.69, 9.17) is 10.5 Å². The molecule has 1 aromatic rings. The molecule has 17 heavy (non-hydrogen) atoms. The lowest BCUT2D eigenvalue weighted by Crippen LogP contribution is -2.54. The molecule has 0 bridgehead atoms. The maximum absolute atomic E-state index is 11.7. The summed E-state index contributed by atoms with van der Waals surface area (Å²) in [6.07, 6.45) is 0.891. The van der Waals surface area contributed by atoms with Gasteiger partial charge in [-0.1, -0.05) is 6.92 Å². The highest BCUT2D eigenvalue weighted by atomic mass is 16.5. The minimum absolute atomic E-state index is 0.111. The summed E-state index contributed by atoms with van der Waals surface area (Å²) in [5, 5.41) is 12.5. The SMILES string of the molecule is CCCNC1(C(N)=O)COc2cc(O)ccc21. The molecule has 0 fully saturated rings. The van der Waals surface area contributed by atoms with E-state index >= 15 is 0 Å². The molecule has 92 valence electrons. The van der Waals surface area contributed by atoms with Gasteiger partial charge in [-0.25, -0.2) is 0 Å².